The highest BCUT2D eigenvalue weighted by molar-refractivity contribution is 4.72. The Hall–Kier alpha value is -0.220. The van der Waals surface area contributed by atoms with Gasteiger partial charge in [-0.15, -0.1) is 0 Å². The first kappa shape index (κ1) is 12.8. The second-order valence-electron chi connectivity index (χ2n) is 3.05. The summed E-state index contributed by atoms with van der Waals surface area (Å²) in [6.07, 6.45) is -2.94. The third-order valence-electron chi connectivity index (χ3n) is 1.81. The molecule has 0 bridgehead atoms. The van der Waals surface area contributed by atoms with E-state index in [-0.39, 0.29) is 19.2 Å². The van der Waals surface area contributed by atoms with E-state index in [1.165, 1.54) is 0 Å². The molecule has 0 atom stereocenters. The maximum Gasteiger partial charge on any atom is 0.368 e. The topological polar surface area (TPSA) is 12.5 Å². The molecule has 1 saturated heterocycles. The molecule has 1 rings (SSSR count). The smallest absolute Gasteiger partial charge is 0.318 e. The number of halogens is 2. The molecule has 80 valence electrons. The molecular formula is C9H19F2NO. The Kier molecular flexibility index (Phi) is 5.40. The molecule has 0 radical (unpaired) electrons. The summed E-state index contributed by atoms with van der Waals surface area (Å²) in [7, 11) is 0. The van der Waals surface area contributed by atoms with E-state index < -0.39 is 6.11 Å². The largest absolute Gasteiger partial charge is 0.368 e. The van der Waals surface area contributed by atoms with Gasteiger partial charge in [0.1, 0.15) is 0 Å². The third kappa shape index (κ3) is 4.52. The van der Waals surface area contributed by atoms with Crippen LogP contribution in [-0.2, 0) is 4.74 Å². The molecule has 0 unspecified atom stereocenters. The highest BCUT2D eigenvalue weighted by Gasteiger charge is 2.37. The average molecular weight is 195 g/mol. The number of rotatable bonds is 1. The summed E-state index contributed by atoms with van der Waals surface area (Å²) in [5.41, 5.74) is 0. The molecular weight excluding hydrogens is 176 g/mol. The van der Waals surface area contributed by atoms with Gasteiger partial charge in [0.25, 0.3) is 0 Å². The van der Waals surface area contributed by atoms with Crippen molar-refractivity contribution >= 4 is 0 Å². The Morgan fingerprint density at radius 1 is 1.31 bits per heavy atom. The molecule has 0 amide bonds. The maximum absolute atomic E-state index is 12.6. The number of morpholine rings is 1. The standard InChI is InChI=1S/C7H13F2NO.C2H6/c1-6(2)10-3-4-11-7(8,9)5-10;1-2/h6H,3-5H2,1-2H3;1-2H3. The molecule has 0 aromatic rings. The van der Waals surface area contributed by atoms with Crippen LogP contribution in [-0.4, -0.2) is 36.7 Å². The van der Waals surface area contributed by atoms with Gasteiger partial charge in [-0.2, -0.15) is 8.78 Å². The van der Waals surface area contributed by atoms with Crippen LogP contribution in [0.4, 0.5) is 8.78 Å². The van der Waals surface area contributed by atoms with Crippen molar-refractivity contribution in [1.82, 2.24) is 4.90 Å². The molecule has 0 spiro atoms. The molecule has 0 aromatic carbocycles. The number of hydrogen-bond donors (Lipinski definition) is 0. The van der Waals surface area contributed by atoms with Gasteiger partial charge in [-0.3, -0.25) is 4.90 Å². The van der Waals surface area contributed by atoms with Crippen molar-refractivity contribution in [2.24, 2.45) is 0 Å². The Balaban J connectivity index is 0.000000671. The Morgan fingerprint density at radius 2 is 1.85 bits per heavy atom. The number of nitrogens with zero attached hydrogens (tertiary/aromatic N) is 1. The van der Waals surface area contributed by atoms with Crippen molar-refractivity contribution in [2.45, 2.75) is 39.8 Å². The lowest BCUT2D eigenvalue weighted by Crippen LogP contribution is -2.49. The van der Waals surface area contributed by atoms with E-state index >= 15 is 0 Å². The quantitative estimate of drug-likeness (QED) is 0.636. The Morgan fingerprint density at radius 3 is 2.15 bits per heavy atom. The molecule has 0 saturated carbocycles. The van der Waals surface area contributed by atoms with Crippen molar-refractivity contribution < 1.29 is 13.5 Å². The summed E-state index contributed by atoms with van der Waals surface area (Å²) in [5, 5.41) is 0. The van der Waals surface area contributed by atoms with E-state index in [9.17, 15) is 8.78 Å². The summed E-state index contributed by atoms with van der Waals surface area (Å²) >= 11 is 0. The van der Waals surface area contributed by atoms with Crippen LogP contribution in [0.2, 0.25) is 0 Å². The fraction of sp³-hybridized carbons (Fsp3) is 1.00. The zero-order valence-corrected chi connectivity index (χ0v) is 8.81. The minimum absolute atomic E-state index is 0.130. The summed E-state index contributed by atoms with van der Waals surface area (Å²) in [4.78, 5) is 1.71. The van der Waals surface area contributed by atoms with Crippen LogP contribution < -0.4 is 0 Å². The first-order chi connectivity index (χ1) is 6.01. The van der Waals surface area contributed by atoms with Gasteiger partial charge in [-0.05, 0) is 13.8 Å². The van der Waals surface area contributed by atoms with Gasteiger partial charge in [0.2, 0.25) is 0 Å². The fourth-order valence-corrected chi connectivity index (χ4v) is 1.11. The van der Waals surface area contributed by atoms with Crippen LogP contribution in [0.15, 0.2) is 0 Å². The highest BCUT2D eigenvalue weighted by Crippen LogP contribution is 2.21. The SMILES string of the molecule is CC.CC(C)N1CCOC(F)(F)C1. The maximum atomic E-state index is 12.6. The van der Waals surface area contributed by atoms with Crippen molar-refractivity contribution in [3.8, 4) is 0 Å². The molecule has 0 N–H and O–H groups in total. The van der Waals surface area contributed by atoms with Gasteiger partial charge >= 0.3 is 6.11 Å². The lowest BCUT2D eigenvalue weighted by Gasteiger charge is -2.34. The van der Waals surface area contributed by atoms with Gasteiger partial charge in [-0.1, -0.05) is 13.8 Å². The lowest BCUT2D eigenvalue weighted by molar-refractivity contribution is -0.272. The van der Waals surface area contributed by atoms with Crippen LogP contribution in [0, 0.1) is 0 Å². The van der Waals surface area contributed by atoms with Crippen LogP contribution in [0.5, 0.6) is 0 Å². The molecule has 2 nitrogen and oxygen atoms in total. The van der Waals surface area contributed by atoms with Crippen molar-refractivity contribution in [1.29, 1.82) is 0 Å². The van der Waals surface area contributed by atoms with Crippen LogP contribution in [0.25, 0.3) is 0 Å². The molecule has 1 fully saturated rings. The fourth-order valence-electron chi connectivity index (χ4n) is 1.11. The monoisotopic (exact) mass is 195 g/mol. The summed E-state index contributed by atoms with van der Waals surface area (Å²) < 4.78 is 29.4. The molecule has 0 aliphatic carbocycles. The lowest BCUT2D eigenvalue weighted by atomic mass is 10.3. The Labute approximate surface area is 78.9 Å². The van der Waals surface area contributed by atoms with Gasteiger partial charge in [0, 0.05) is 12.6 Å². The molecule has 1 aliphatic rings. The van der Waals surface area contributed by atoms with Crippen molar-refractivity contribution in [2.75, 3.05) is 19.7 Å². The summed E-state index contributed by atoms with van der Waals surface area (Å²) in [6, 6.07) is 0.171. The van der Waals surface area contributed by atoms with E-state index in [2.05, 4.69) is 4.74 Å². The first-order valence-corrected chi connectivity index (χ1v) is 4.77. The second-order valence-corrected chi connectivity index (χ2v) is 3.05. The van der Waals surface area contributed by atoms with Gasteiger partial charge in [0.05, 0.1) is 13.2 Å². The summed E-state index contributed by atoms with van der Waals surface area (Å²) in [5.74, 6) is 0. The van der Waals surface area contributed by atoms with Gasteiger partial charge in [0.15, 0.2) is 0 Å². The normalized spacial score (nSPS) is 22.4. The van der Waals surface area contributed by atoms with Crippen LogP contribution in [0.1, 0.15) is 27.7 Å². The average Bonchev–Trinajstić information content (AvgIpc) is 2.06. The van der Waals surface area contributed by atoms with E-state index in [1.807, 2.05) is 27.7 Å². The molecule has 0 aromatic heterocycles. The molecule has 4 heteroatoms. The van der Waals surface area contributed by atoms with Crippen molar-refractivity contribution in [3.05, 3.63) is 0 Å². The van der Waals surface area contributed by atoms with Crippen LogP contribution >= 0.6 is 0 Å². The third-order valence-corrected chi connectivity index (χ3v) is 1.81. The van der Waals surface area contributed by atoms with E-state index in [1.54, 1.807) is 4.90 Å². The molecule has 13 heavy (non-hydrogen) atoms. The number of hydrogen-bond acceptors (Lipinski definition) is 2. The van der Waals surface area contributed by atoms with Crippen molar-refractivity contribution in [3.63, 3.8) is 0 Å². The van der Waals surface area contributed by atoms with Gasteiger partial charge < -0.3 is 4.74 Å². The van der Waals surface area contributed by atoms with Gasteiger partial charge in [-0.25, -0.2) is 0 Å². The Bertz CT molecular complexity index is 140. The minimum atomic E-state index is -2.94. The highest BCUT2D eigenvalue weighted by atomic mass is 19.3. The summed E-state index contributed by atoms with van der Waals surface area (Å²) in [6.45, 7) is 8.27. The zero-order chi connectivity index (χ0) is 10.5. The van der Waals surface area contributed by atoms with E-state index in [4.69, 9.17) is 0 Å². The predicted molar refractivity (Wildman–Crippen MR) is 49.0 cm³/mol. The van der Waals surface area contributed by atoms with E-state index in [0.29, 0.717) is 6.54 Å². The first-order valence-electron chi connectivity index (χ1n) is 4.77. The number of ether oxygens (including phenoxy) is 1. The second kappa shape index (κ2) is 5.50. The predicted octanol–water partition coefficient (Wildman–Crippen LogP) is 2.35. The van der Waals surface area contributed by atoms with Crippen LogP contribution in [0.3, 0.4) is 0 Å². The minimum Gasteiger partial charge on any atom is -0.318 e. The number of alkyl halides is 2. The zero-order valence-electron chi connectivity index (χ0n) is 8.81. The molecule has 1 heterocycles. The molecule has 1 aliphatic heterocycles. The van der Waals surface area contributed by atoms with E-state index in [0.717, 1.165) is 0 Å².